The summed E-state index contributed by atoms with van der Waals surface area (Å²) in [5.74, 6) is 0.481. The van der Waals surface area contributed by atoms with Crippen molar-refractivity contribution < 1.29 is 0 Å². The zero-order valence-electron chi connectivity index (χ0n) is 7.33. The lowest BCUT2D eigenvalue weighted by Crippen LogP contribution is -1.97. The Hall–Kier alpha value is -0.920. The summed E-state index contributed by atoms with van der Waals surface area (Å²) in [6.45, 7) is 6.35. The van der Waals surface area contributed by atoms with E-state index in [1.54, 1.807) is 0 Å². The first-order valence-electron chi connectivity index (χ1n) is 4.04. The molecule has 0 amide bonds. The van der Waals surface area contributed by atoms with Gasteiger partial charge in [0.2, 0.25) is 0 Å². The molecule has 0 aliphatic carbocycles. The van der Waals surface area contributed by atoms with E-state index in [2.05, 4.69) is 30.7 Å². The van der Waals surface area contributed by atoms with Crippen LogP contribution in [0, 0.1) is 0 Å². The first-order valence-corrected chi connectivity index (χ1v) is 4.04. The summed E-state index contributed by atoms with van der Waals surface area (Å²) in [6, 6.07) is 0. The van der Waals surface area contributed by atoms with Gasteiger partial charge in [-0.05, 0) is 12.3 Å². The SMILES string of the molecule is CCc1cncc(C(C)C)n1. The quantitative estimate of drug-likeness (QED) is 0.645. The van der Waals surface area contributed by atoms with E-state index in [9.17, 15) is 0 Å². The molecule has 0 bridgehead atoms. The minimum absolute atomic E-state index is 0.481. The lowest BCUT2D eigenvalue weighted by Gasteiger charge is -2.03. The molecule has 0 fully saturated rings. The van der Waals surface area contributed by atoms with Gasteiger partial charge in [-0.2, -0.15) is 0 Å². The van der Waals surface area contributed by atoms with Gasteiger partial charge < -0.3 is 0 Å². The van der Waals surface area contributed by atoms with Crippen molar-refractivity contribution in [1.82, 2.24) is 9.97 Å². The van der Waals surface area contributed by atoms with Crippen LogP contribution >= 0.6 is 0 Å². The largest absolute Gasteiger partial charge is 0.261 e. The van der Waals surface area contributed by atoms with Crippen molar-refractivity contribution in [3.05, 3.63) is 23.8 Å². The van der Waals surface area contributed by atoms with Crippen LogP contribution in [0.2, 0.25) is 0 Å². The molecule has 0 N–H and O–H groups in total. The van der Waals surface area contributed by atoms with E-state index in [0.717, 1.165) is 17.8 Å². The van der Waals surface area contributed by atoms with Gasteiger partial charge in [0.1, 0.15) is 0 Å². The number of aromatic nitrogens is 2. The highest BCUT2D eigenvalue weighted by Gasteiger charge is 2.00. The molecule has 0 unspecified atom stereocenters. The summed E-state index contributed by atoms with van der Waals surface area (Å²) in [6.07, 6.45) is 4.63. The molecule has 0 aliphatic heterocycles. The van der Waals surface area contributed by atoms with Gasteiger partial charge in [0, 0.05) is 12.4 Å². The maximum Gasteiger partial charge on any atom is 0.0615 e. The summed E-state index contributed by atoms with van der Waals surface area (Å²) in [5, 5.41) is 0. The molecule has 0 saturated carbocycles. The number of nitrogens with zero attached hydrogens (tertiary/aromatic N) is 2. The van der Waals surface area contributed by atoms with Crippen molar-refractivity contribution >= 4 is 0 Å². The van der Waals surface area contributed by atoms with Crippen LogP contribution in [0.15, 0.2) is 12.4 Å². The molecule has 0 radical (unpaired) electrons. The van der Waals surface area contributed by atoms with Gasteiger partial charge in [0.15, 0.2) is 0 Å². The van der Waals surface area contributed by atoms with E-state index in [1.165, 1.54) is 0 Å². The van der Waals surface area contributed by atoms with Crippen LogP contribution in [-0.4, -0.2) is 9.97 Å². The van der Waals surface area contributed by atoms with Crippen LogP contribution in [0.1, 0.15) is 38.1 Å². The number of hydrogen-bond donors (Lipinski definition) is 0. The van der Waals surface area contributed by atoms with Gasteiger partial charge in [0.25, 0.3) is 0 Å². The Morgan fingerprint density at radius 3 is 2.64 bits per heavy atom. The second-order valence-corrected chi connectivity index (χ2v) is 2.94. The Bertz CT molecular complexity index is 231. The summed E-state index contributed by atoms with van der Waals surface area (Å²) >= 11 is 0. The van der Waals surface area contributed by atoms with Crippen LogP contribution in [0.3, 0.4) is 0 Å². The molecular formula is C9H14N2. The number of hydrogen-bond acceptors (Lipinski definition) is 2. The van der Waals surface area contributed by atoms with Crippen molar-refractivity contribution in [3.63, 3.8) is 0 Å². The molecule has 2 nitrogen and oxygen atoms in total. The Morgan fingerprint density at radius 2 is 2.09 bits per heavy atom. The van der Waals surface area contributed by atoms with Crippen molar-refractivity contribution in [2.24, 2.45) is 0 Å². The molecule has 2 heteroatoms. The standard InChI is InChI=1S/C9H14N2/c1-4-8-5-10-6-9(11-8)7(2)3/h5-7H,4H2,1-3H3. The third-order valence-electron chi connectivity index (χ3n) is 1.66. The fourth-order valence-corrected chi connectivity index (χ4v) is 0.872. The average molecular weight is 150 g/mol. The van der Waals surface area contributed by atoms with Crippen molar-refractivity contribution in [1.29, 1.82) is 0 Å². The minimum atomic E-state index is 0.481. The molecule has 0 saturated heterocycles. The zero-order chi connectivity index (χ0) is 8.27. The van der Waals surface area contributed by atoms with E-state index < -0.39 is 0 Å². The third-order valence-corrected chi connectivity index (χ3v) is 1.66. The molecule has 0 atom stereocenters. The van der Waals surface area contributed by atoms with Crippen molar-refractivity contribution in [2.45, 2.75) is 33.1 Å². The second kappa shape index (κ2) is 3.46. The van der Waals surface area contributed by atoms with E-state index >= 15 is 0 Å². The average Bonchev–Trinajstić information content (AvgIpc) is 2.05. The summed E-state index contributed by atoms with van der Waals surface area (Å²) in [5.41, 5.74) is 2.17. The first-order chi connectivity index (χ1) is 5.24. The molecule has 1 heterocycles. The summed E-state index contributed by atoms with van der Waals surface area (Å²) in [4.78, 5) is 8.54. The van der Waals surface area contributed by atoms with Crippen LogP contribution in [0.25, 0.3) is 0 Å². The van der Waals surface area contributed by atoms with Gasteiger partial charge >= 0.3 is 0 Å². The van der Waals surface area contributed by atoms with Gasteiger partial charge in [-0.25, -0.2) is 0 Å². The smallest absolute Gasteiger partial charge is 0.0615 e. The molecule has 0 aromatic carbocycles. The number of aryl methyl sites for hydroxylation is 1. The highest BCUT2D eigenvalue weighted by atomic mass is 14.8. The first kappa shape index (κ1) is 8.18. The Kier molecular flexibility index (Phi) is 2.58. The highest BCUT2D eigenvalue weighted by molar-refractivity contribution is 5.06. The van der Waals surface area contributed by atoms with E-state index in [4.69, 9.17) is 0 Å². The van der Waals surface area contributed by atoms with Crippen LogP contribution in [0.5, 0.6) is 0 Å². The summed E-state index contributed by atoms with van der Waals surface area (Å²) < 4.78 is 0. The predicted octanol–water partition coefficient (Wildman–Crippen LogP) is 2.16. The lowest BCUT2D eigenvalue weighted by molar-refractivity contribution is 0.793. The van der Waals surface area contributed by atoms with E-state index in [0.29, 0.717) is 5.92 Å². The zero-order valence-corrected chi connectivity index (χ0v) is 7.33. The molecule has 0 aliphatic rings. The van der Waals surface area contributed by atoms with Gasteiger partial charge in [-0.15, -0.1) is 0 Å². The molecule has 1 aromatic heterocycles. The van der Waals surface area contributed by atoms with E-state index in [1.807, 2.05) is 12.4 Å². The van der Waals surface area contributed by atoms with Crippen molar-refractivity contribution in [3.8, 4) is 0 Å². The maximum atomic E-state index is 4.43. The van der Waals surface area contributed by atoms with Crippen LogP contribution < -0.4 is 0 Å². The molecule has 0 spiro atoms. The molecule has 1 rings (SSSR count). The number of rotatable bonds is 2. The molecule has 11 heavy (non-hydrogen) atoms. The van der Waals surface area contributed by atoms with Crippen LogP contribution in [-0.2, 0) is 6.42 Å². The highest BCUT2D eigenvalue weighted by Crippen LogP contribution is 2.09. The summed E-state index contributed by atoms with van der Waals surface area (Å²) in [7, 11) is 0. The van der Waals surface area contributed by atoms with Gasteiger partial charge in [-0.1, -0.05) is 20.8 Å². The minimum Gasteiger partial charge on any atom is -0.261 e. The maximum absolute atomic E-state index is 4.43. The Balaban J connectivity index is 2.91. The fourth-order valence-electron chi connectivity index (χ4n) is 0.872. The van der Waals surface area contributed by atoms with Crippen LogP contribution in [0.4, 0.5) is 0 Å². The van der Waals surface area contributed by atoms with Crippen molar-refractivity contribution in [2.75, 3.05) is 0 Å². The topological polar surface area (TPSA) is 25.8 Å². The lowest BCUT2D eigenvalue weighted by atomic mass is 10.1. The molecule has 60 valence electrons. The second-order valence-electron chi connectivity index (χ2n) is 2.94. The predicted molar refractivity (Wildman–Crippen MR) is 45.5 cm³/mol. The third kappa shape index (κ3) is 2.00. The molecular weight excluding hydrogens is 136 g/mol. The fraction of sp³-hybridized carbons (Fsp3) is 0.556. The Morgan fingerprint density at radius 1 is 1.36 bits per heavy atom. The van der Waals surface area contributed by atoms with E-state index in [-0.39, 0.29) is 0 Å². The van der Waals surface area contributed by atoms with Gasteiger partial charge in [-0.3, -0.25) is 9.97 Å². The monoisotopic (exact) mass is 150 g/mol. The molecule has 1 aromatic rings. The van der Waals surface area contributed by atoms with Gasteiger partial charge in [0.05, 0.1) is 11.4 Å². The normalized spacial score (nSPS) is 10.5. The Labute approximate surface area is 67.7 Å².